The molecule has 0 saturated heterocycles. The van der Waals surface area contributed by atoms with Gasteiger partial charge in [0.1, 0.15) is 18.7 Å². The fourth-order valence-corrected chi connectivity index (χ4v) is 3.31. The standard InChI is InChI=1S/C24H26N6O8/c1-4-30(24(35)37-12-36-19(32)11-31)23(34)16-10-26-20(14(16)3)21(25)27-17-9-15(6-5-13(17)2)22(33)28-18-7-8-38-29-18/h5-10,26,31H,4,11-12H2,1-3H3,(H2,25,27)(H,28,29,33). The monoisotopic (exact) mass is 526 g/mol. The Kier molecular flexibility index (Phi) is 8.95. The second kappa shape index (κ2) is 12.3. The Morgan fingerprint density at radius 1 is 1.16 bits per heavy atom. The number of anilines is 2. The molecule has 0 spiro atoms. The molecule has 0 bridgehead atoms. The van der Waals surface area contributed by atoms with Gasteiger partial charge in [0, 0.05) is 30.1 Å². The SMILES string of the molecule is CCN(C(=O)OCOC(=O)CO)C(=O)c1c[nH]c(C(=N)Nc2cc(C(=O)Nc3ccon3)ccc2C)c1C. The number of aliphatic hydroxyl groups excluding tert-OH is 1. The van der Waals surface area contributed by atoms with E-state index in [1.165, 1.54) is 18.5 Å². The Labute approximate surface area is 216 Å². The number of hydrogen-bond donors (Lipinski definition) is 5. The number of benzene rings is 1. The third kappa shape index (κ3) is 6.41. The summed E-state index contributed by atoms with van der Waals surface area (Å²) in [6, 6.07) is 6.41. The minimum absolute atomic E-state index is 0.0380. The molecule has 0 atom stereocenters. The molecule has 0 aliphatic heterocycles. The zero-order valence-electron chi connectivity index (χ0n) is 20.8. The van der Waals surface area contributed by atoms with Crippen molar-refractivity contribution in [3.05, 3.63) is 64.7 Å². The van der Waals surface area contributed by atoms with E-state index in [4.69, 9.17) is 19.8 Å². The first-order chi connectivity index (χ1) is 18.2. The van der Waals surface area contributed by atoms with E-state index in [9.17, 15) is 19.2 Å². The van der Waals surface area contributed by atoms with Crippen LogP contribution in [0.2, 0.25) is 0 Å². The number of rotatable bonds is 9. The molecular weight excluding hydrogens is 500 g/mol. The van der Waals surface area contributed by atoms with Gasteiger partial charge in [0.25, 0.3) is 11.8 Å². The molecule has 2 aromatic heterocycles. The number of ether oxygens (including phenoxy) is 2. The van der Waals surface area contributed by atoms with E-state index in [1.54, 1.807) is 39.0 Å². The number of amides is 3. The number of nitrogens with zero attached hydrogens (tertiary/aromatic N) is 2. The molecule has 0 aliphatic carbocycles. The molecule has 1 aromatic carbocycles. The first kappa shape index (κ1) is 27.6. The number of carbonyl (C=O) groups is 4. The first-order valence-corrected chi connectivity index (χ1v) is 11.3. The molecule has 0 unspecified atom stereocenters. The quantitative estimate of drug-likeness (QED) is 0.119. The molecule has 2 heterocycles. The van der Waals surface area contributed by atoms with Gasteiger partial charge in [-0.3, -0.25) is 15.0 Å². The molecule has 3 amide bonds. The number of hydrogen-bond acceptors (Lipinski definition) is 10. The summed E-state index contributed by atoms with van der Waals surface area (Å²) in [4.78, 5) is 52.5. The molecule has 3 aromatic rings. The highest BCUT2D eigenvalue weighted by molar-refractivity contribution is 6.11. The van der Waals surface area contributed by atoms with Crippen LogP contribution in [0.25, 0.3) is 0 Å². The lowest BCUT2D eigenvalue weighted by Crippen LogP contribution is -2.38. The minimum Gasteiger partial charge on any atom is -0.426 e. The number of aryl methyl sites for hydroxylation is 1. The van der Waals surface area contributed by atoms with E-state index in [1.807, 2.05) is 0 Å². The summed E-state index contributed by atoms with van der Waals surface area (Å²) in [6.07, 6.45) is 1.64. The fraction of sp³-hybridized carbons (Fsp3) is 0.250. The van der Waals surface area contributed by atoms with E-state index in [0.717, 1.165) is 10.5 Å². The highest BCUT2D eigenvalue weighted by Crippen LogP contribution is 2.21. The molecule has 14 nitrogen and oxygen atoms in total. The number of amidine groups is 1. The van der Waals surface area contributed by atoms with Gasteiger partial charge in [-0.15, -0.1) is 0 Å². The lowest BCUT2D eigenvalue weighted by molar-refractivity contribution is -0.155. The summed E-state index contributed by atoms with van der Waals surface area (Å²) >= 11 is 0. The zero-order valence-corrected chi connectivity index (χ0v) is 20.8. The number of imide groups is 1. The van der Waals surface area contributed by atoms with Crippen LogP contribution in [0.5, 0.6) is 0 Å². The van der Waals surface area contributed by atoms with Crippen molar-refractivity contribution in [3.63, 3.8) is 0 Å². The van der Waals surface area contributed by atoms with Crippen LogP contribution in [0.3, 0.4) is 0 Å². The summed E-state index contributed by atoms with van der Waals surface area (Å²) in [5.41, 5.74) is 2.36. The average Bonchev–Trinajstić information content (AvgIpc) is 3.54. The molecule has 3 rings (SSSR count). The summed E-state index contributed by atoms with van der Waals surface area (Å²) < 4.78 is 13.9. The van der Waals surface area contributed by atoms with Gasteiger partial charge in [-0.1, -0.05) is 11.2 Å². The summed E-state index contributed by atoms with van der Waals surface area (Å²) in [6.45, 7) is 3.28. The molecular formula is C24H26N6O8. The van der Waals surface area contributed by atoms with E-state index < -0.39 is 37.3 Å². The van der Waals surface area contributed by atoms with Gasteiger partial charge < -0.3 is 34.7 Å². The summed E-state index contributed by atoms with van der Waals surface area (Å²) in [7, 11) is 0. The van der Waals surface area contributed by atoms with Crippen LogP contribution in [-0.2, 0) is 14.3 Å². The van der Waals surface area contributed by atoms with Crippen molar-refractivity contribution in [1.82, 2.24) is 15.0 Å². The summed E-state index contributed by atoms with van der Waals surface area (Å²) in [5, 5.41) is 26.3. The van der Waals surface area contributed by atoms with Gasteiger partial charge >= 0.3 is 12.1 Å². The van der Waals surface area contributed by atoms with Crippen molar-refractivity contribution in [3.8, 4) is 0 Å². The molecule has 200 valence electrons. The zero-order chi connectivity index (χ0) is 27.8. The van der Waals surface area contributed by atoms with Crippen LogP contribution in [0, 0.1) is 19.3 Å². The second-order valence-electron chi connectivity index (χ2n) is 7.82. The number of H-pyrrole nitrogens is 1. The Balaban J connectivity index is 1.72. The van der Waals surface area contributed by atoms with Gasteiger partial charge in [0.05, 0.1) is 11.3 Å². The van der Waals surface area contributed by atoms with Crippen molar-refractivity contribution in [2.75, 3.05) is 30.6 Å². The van der Waals surface area contributed by atoms with Gasteiger partial charge in [0.2, 0.25) is 6.79 Å². The Morgan fingerprint density at radius 3 is 2.58 bits per heavy atom. The first-order valence-electron chi connectivity index (χ1n) is 11.3. The van der Waals surface area contributed by atoms with Crippen LogP contribution in [0.4, 0.5) is 16.3 Å². The number of carbonyl (C=O) groups excluding carboxylic acids is 4. The maximum atomic E-state index is 13.0. The minimum atomic E-state index is -1.05. The number of aromatic amines is 1. The van der Waals surface area contributed by atoms with Crippen molar-refractivity contribution in [1.29, 1.82) is 5.41 Å². The van der Waals surface area contributed by atoms with Crippen molar-refractivity contribution >= 4 is 41.2 Å². The smallest absolute Gasteiger partial charge is 0.419 e. The van der Waals surface area contributed by atoms with Crippen molar-refractivity contribution in [2.24, 2.45) is 0 Å². The fourth-order valence-electron chi connectivity index (χ4n) is 3.31. The van der Waals surface area contributed by atoms with E-state index >= 15 is 0 Å². The molecule has 0 radical (unpaired) electrons. The second-order valence-corrected chi connectivity index (χ2v) is 7.82. The Hall–Kier alpha value is -4.98. The number of esters is 1. The Morgan fingerprint density at radius 2 is 1.92 bits per heavy atom. The third-order valence-electron chi connectivity index (χ3n) is 5.37. The third-order valence-corrected chi connectivity index (χ3v) is 5.37. The summed E-state index contributed by atoms with van der Waals surface area (Å²) in [5.74, 6) is -1.93. The van der Waals surface area contributed by atoms with Gasteiger partial charge in [0.15, 0.2) is 5.82 Å². The maximum absolute atomic E-state index is 13.0. The van der Waals surface area contributed by atoms with Crippen LogP contribution in [0.1, 0.15) is 44.5 Å². The van der Waals surface area contributed by atoms with Crippen LogP contribution in [-0.4, -0.2) is 69.8 Å². The van der Waals surface area contributed by atoms with E-state index in [2.05, 4.69) is 25.5 Å². The largest absolute Gasteiger partial charge is 0.426 e. The van der Waals surface area contributed by atoms with E-state index in [-0.39, 0.29) is 29.5 Å². The predicted molar refractivity (Wildman–Crippen MR) is 133 cm³/mol. The number of nitrogens with one attached hydrogen (secondary N) is 4. The van der Waals surface area contributed by atoms with Crippen LogP contribution >= 0.6 is 0 Å². The van der Waals surface area contributed by atoms with Crippen molar-refractivity contribution < 1.29 is 38.3 Å². The highest BCUT2D eigenvalue weighted by Gasteiger charge is 2.27. The predicted octanol–water partition coefficient (Wildman–Crippen LogP) is 2.40. The highest BCUT2D eigenvalue weighted by atomic mass is 16.7. The van der Waals surface area contributed by atoms with Crippen LogP contribution < -0.4 is 10.6 Å². The molecule has 38 heavy (non-hydrogen) atoms. The van der Waals surface area contributed by atoms with Gasteiger partial charge in [-0.05, 0) is 44.0 Å². The van der Waals surface area contributed by atoms with Crippen LogP contribution in [0.15, 0.2) is 41.2 Å². The van der Waals surface area contributed by atoms with Crippen molar-refractivity contribution in [2.45, 2.75) is 20.8 Å². The molecule has 0 saturated carbocycles. The van der Waals surface area contributed by atoms with E-state index in [0.29, 0.717) is 16.8 Å². The number of aliphatic hydroxyl groups is 1. The van der Waals surface area contributed by atoms with Gasteiger partial charge in [-0.25, -0.2) is 14.5 Å². The van der Waals surface area contributed by atoms with Gasteiger partial charge in [-0.2, -0.15) is 0 Å². The molecule has 5 N–H and O–H groups in total. The number of aromatic nitrogens is 2. The molecule has 14 heteroatoms. The lowest BCUT2D eigenvalue weighted by atomic mass is 10.1. The Bertz CT molecular complexity index is 1350. The topological polar surface area (TPSA) is 200 Å². The maximum Gasteiger partial charge on any atom is 0.419 e. The molecule has 0 aliphatic rings. The lowest BCUT2D eigenvalue weighted by Gasteiger charge is -2.18. The average molecular weight is 527 g/mol. The normalized spacial score (nSPS) is 10.4. The molecule has 0 fully saturated rings.